The number of benzene rings is 1. The van der Waals surface area contributed by atoms with Crippen LogP contribution in [-0.4, -0.2) is 38.8 Å². The molecule has 1 atom stereocenters. The van der Waals surface area contributed by atoms with Gasteiger partial charge in [-0.25, -0.2) is 13.4 Å². The second-order valence-electron chi connectivity index (χ2n) is 6.51. The first kappa shape index (κ1) is 19.0. The van der Waals surface area contributed by atoms with E-state index < -0.39 is 9.84 Å². The quantitative estimate of drug-likeness (QED) is 0.814. The average Bonchev–Trinajstić information content (AvgIpc) is 3.13. The fourth-order valence-electron chi connectivity index (χ4n) is 3.13. The fraction of sp³-hybridized carbons (Fsp3) is 0.444. The molecule has 0 saturated carbocycles. The van der Waals surface area contributed by atoms with Gasteiger partial charge in [0.1, 0.15) is 0 Å². The second-order valence-corrected chi connectivity index (χ2v) is 9.42. The number of nitrogens with one attached hydrogen (secondary N) is 1. The van der Waals surface area contributed by atoms with E-state index in [4.69, 9.17) is 4.74 Å². The van der Waals surface area contributed by atoms with E-state index in [1.807, 2.05) is 5.38 Å². The lowest BCUT2D eigenvalue weighted by atomic mass is 9.84. The Bertz CT molecular complexity index is 827. The Hall–Kier alpha value is -1.77. The third-order valence-corrected chi connectivity index (χ3v) is 6.42. The van der Waals surface area contributed by atoms with E-state index in [9.17, 15) is 13.2 Å². The van der Waals surface area contributed by atoms with Crippen molar-refractivity contribution in [2.24, 2.45) is 5.92 Å². The maximum atomic E-state index is 12.9. The van der Waals surface area contributed by atoms with Crippen molar-refractivity contribution in [1.82, 2.24) is 4.98 Å². The molecule has 2 aromatic rings. The summed E-state index contributed by atoms with van der Waals surface area (Å²) in [6, 6.07) is 6.61. The van der Waals surface area contributed by atoms with Crippen molar-refractivity contribution in [3.63, 3.8) is 0 Å². The summed E-state index contributed by atoms with van der Waals surface area (Å²) in [5.41, 5.74) is 0.818. The Balaban J connectivity index is 1.82. The van der Waals surface area contributed by atoms with Crippen LogP contribution in [0.25, 0.3) is 0 Å². The van der Waals surface area contributed by atoms with Crippen molar-refractivity contribution in [3.05, 3.63) is 41.4 Å². The minimum Gasteiger partial charge on any atom is -0.381 e. The molecule has 1 aromatic carbocycles. The number of hydrogen-bond acceptors (Lipinski definition) is 6. The maximum Gasteiger partial charge on any atom is 0.233 e. The van der Waals surface area contributed by atoms with Crippen LogP contribution in [0.2, 0.25) is 0 Å². The molecule has 1 amide bonds. The highest BCUT2D eigenvalue weighted by Crippen LogP contribution is 2.31. The molecule has 0 aliphatic carbocycles. The minimum atomic E-state index is -3.26. The van der Waals surface area contributed by atoms with E-state index in [-0.39, 0.29) is 16.7 Å². The Morgan fingerprint density at radius 2 is 2.00 bits per heavy atom. The molecule has 140 valence electrons. The highest BCUT2D eigenvalue weighted by atomic mass is 32.2. The number of rotatable bonds is 6. The van der Waals surface area contributed by atoms with E-state index in [2.05, 4.69) is 10.3 Å². The number of carbonyl (C=O) groups excluding carboxylic acids is 1. The first-order chi connectivity index (χ1) is 12.4. The molecule has 1 saturated heterocycles. The van der Waals surface area contributed by atoms with Gasteiger partial charge in [0, 0.05) is 31.0 Å². The van der Waals surface area contributed by atoms with Gasteiger partial charge in [-0.3, -0.25) is 4.79 Å². The first-order valence-electron chi connectivity index (χ1n) is 8.51. The van der Waals surface area contributed by atoms with Gasteiger partial charge in [0.05, 0.1) is 10.8 Å². The molecule has 1 N–H and O–H groups in total. The molecule has 2 heterocycles. The summed E-state index contributed by atoms with van der Waals surface area (Å²) in [6.45, 7) is 1.44. The standard InChI is InChI=1S/C18H22N2O4S2/c1-26(22,23)15-4-2-14(3-5-15)16(12-13-6-9-24-10-7-13)17(21)20-18-19-8-11-25-18/h2-5,8,11,13,16H,6-7,9-10,12H2,1H3,(H,19,20,21)/t16-/m1/s1. The number of sulfone groups is 1. The Morgan fingerprint density at radius 3 is 2.58 bits per heavy atom. The Morgan fingerprint density at radius 1 is 1.31 bits per heavy atom. The number of carbonyl (C=O) groups is 1. The second kappa shape index (κ2) is 8.28. The normalized spacial score (nSPS) is 17.0. The first-order valence-corrected chi connectivity index (χ1v) is 11.3. The predicted octanol–water partition coefficient (Wildman–Crippen LogP) is 3.09. The number of aromatic nitrogens is 1. The van der Waals surface area contributed by atoms with Crippen LogP contribution in [0.4, 0.5) is 5.13 Å². The zero-order valence-electron chi connectivity index (χ0n) is 14.6. The SMILES string of the molecule is CS(=O)(=O)c1ccc([C@@H](CC2CCOCC2)C(=O)Nc2nccs2)cc1. The van der Waals surface area contributed by atoms with Crippen molar-refractivity contribution in [1.29, 1.82) is 0 Å². The molecule has 0 unspecified atom stereocenters. The van der Waals surface area contributed by atoms with Gasteiger partial charge >= 0.3 is 0 Å². The third-order valence-electron chi connectivity index (χ3n) is 4.60. The van der Waals surface area contributed by atoms with E-state index in [0.717, 1.165) is 31.6 Å². The van der Waals surface area contributed by atoms with Gasteiger partial charge in [0.25, 0.3) is 0 Å². The number of nitrogens with zero attached hydrogens (tertiary/aromatic N) is 1. The van der Waals surface area contributed by atoms with Gasteiger partial charge in [-0.15, -0.1) is 11.3 Å². The number of amides is 1. The molecule has 0 spiro atoms. The molecule has 6 nitrogen and oxygen atoms in total. The third kappa shape index (κ3) is 4.90. The highest BCUT2D eigenvalue weighted by molar-refractivity contribution is 7.90. The predicted molar refractivity (Wildman–Crippen MR) is 101 cm³/mol. The van der Waals surface area contributed by atoms with Crippen LogP contribution in [-0.2, 0) is 19.4 Å². The van der Waals surface area contributed by atoms with Gasteiger partial charge < -0.3 is 10.1 Å². The highest BCUT2D eigenvalue weighted by Gasteiger charge is 2.27. The van der Waals surface area contributed by atoms with Gasteiger partial charge in [-0.1, -0.05) is 12.1 Å². The summed E-state index contributed by atoms with van der Waals surface area (Å²) >= 11 is 1.37. The van der Waals surface area contributed by atoms with Crippen molar-refractivity contribution in [2.45, 2.75) is 30.1 Å². The fourth-order valence-corrected chi connectivity index (χ4v) is 4.30. The molecule has 0 bridgehead atoms. The van der Waals surface area contributed by atoms with Crippen LogP contribution in [0.3, 0.4) is 0 Å². The largest absolute Gasteiger partial charge is 0.381 e. The molecule has 1 aliphatic heterocycles. The smallest absolute Gasteiger partial charge is 0.233 e. The molecule has 26 heavy (non-hydrogen) atoms. The molecule has 3 rings (SSSR count). The van der Waals surface area contributed by atoms with Gasteiger partial charge in [0.2, 0.25) is 5.91 Å². The summed E-state index contributed by atoms with van der Waals surface area (Å²) < 4.78 is 28.8. The Kier molecular flexibility index (Phi) is 6.05. The molecule has 1 fully saturated rings. The number of hydrogen-bond donors (Lipinski definition) is 1. The molecule has 1 aliphatic rings. The van der Waals surface area contributed by atoms with Crippen molar-refractivity contribution < 1.29 is 17.9 Å². The summed E-state index contributed by atoms with van der Waals surface area (Å²) in [5.74, 6) is -0.0560. The lowest BCUT2D eigenvalue weighted by molar-refractivity contribution is -0.118. The Labute approximate surface area is 157 Å². The van der Waals surface area contributed by atoms with E-state index >= 15 is 0 Å². The minimum absolute atomic E-state index is 0.112. The summed E-state index contributed by atoms with van der Waals surface area (Å²) in [4.78, 5) is 17.2. The number of anilines is 1. The zero-order valence-corrected chi connectivity index (χ0v) is 16.2. The average molecular weight is 395 g/mol. The van der Waals surface area contributed by atoms with Crippen molar-refractivity contribution in [3.8, 4) is 0 Å². The number of thiazole rings is 1. The van der Waals surface area contributed by atoms with E-state index in [0.29, 0.717) is 17.5 Å². The van der Waals surface area contributed by atoms with Crippen LogP contribution in [0.15, 0.2) is 40.7 Å². The molecular weight excluding hydrogens is 372 g/mol. The lowest BCUT2D eigenvalue weighted by Crippen LogP contribution is -2.26. The van der Waals surface area contributed by atoms with Gasteiger partial charge in [-0.2, -0.15) is 0 Å². The van der Waals surface area contributed by atoms with Crippen LogP contribution in [0.1, 0.15) is 30.7 Å². The van der Waals surface area contributed by atoms with Crippen molar-refractivity contribution >= 4 is 32.2 Å². The molecule has 1 aromatic heterocycles. The molecule has 8 heteroatoms. The topological polar surface area (TPSA) is 85.4 Å². The van der Waals surface area contributed by atoms with Crippen LogP contribution < -0.4 is 5.32 Å². The van der Waals surface area contributed by atoms with Gasteiger partial charge in [-0.05, 0) is 42.9 Å². The molecular formula is C18H22N2O4S2. The van der Waals surface area contributed by atoms with Crippen LogP contribution in [0, 0.1) is 5.92 Å². The maximum absolute atomic E-state index is 12.9. The lowest BCUT2D eigenvalue weighted by Gasteiger charge is -2.26. The van der Waals surface area contributed by atoms with Crippen LogP contribution in [0.5, 0.6) is 0 Å². The van der Waals surface area contributed by atoms with E-state index in [1.165, 1.54) is 17.6 Å². The van der Waals surface area contributed by atoms with E-state index in [1.54, 1.807) is 30.5 Å². The summed E-state index contributed by atoms with van der Waals surface area (Å²) in [5, 5.41) is 5.25. The van der Waals surface area contributed by atoms with Crippen LogP contribution >= 0.6 is 11.3 Å². The molecule has 0 radical (unpaired) electrons. The van der Waals surface area contributed by atoms with Gasteiger partial charge in [0.15, 0.2) is 15.0 Å². The summed E-state index contributed by atoms with van der Waals surface area (Å²) in [7, 11) is -3.26. The van der Waals surface area contributed by atoms with Crippen molar-refractivity contribution in [2.75, 3.05) is 24.8 Å². The zero-order chi connectivity index (χ0) is 18.6. The monoisotopic (exact) mass is 394 g/mol. The number of ether oxygens (including phenoxy) is 1. The summed E-state index contributed by atoms with van der Waals surface area (Å²) in [6.07, 6.45) is 5.40.